The topological polar surface area (TPSA) is 41.3 Å². The number of nitrogens with zero attached hydrogens (tertiary/aromatic N) is 1. The molecule has 0 radical (unpaired) electrons. The summed E-state index contributed by atoms with van der Waals surface area (Å²) in [4.78, 5) is 2.84. The van der Waals surface area contributed by atoms with E-state index in [0.29, 0.717) is 0 Å². The fourth-order valence-corrected chi connectivity index (χ4v) is 4.91. The summed E-state index contributed by atoms with van der Waals surface area (Å²) >= 11 is 0. The molecule has 2 aliphatic heterocycles. The molecule has 2 saturated heterocycles. The molecule has 4 aliphatic rings. The summed E-state index contributed by atoms with van der Waals surface area (Å²) in [6, 6.07) is 0.931. The van der Waals surface area contributed by atoms with E-state index in [0.717, 1.165) is 43.3 Å². The molecule has 3 nitrogen and oxygen atoms in total. The molecule has 3 N–H and O–H groups in total. The van der Waals surface area contributed by atoms with Gasteiger partial charge in [0.2, 0.25) is 0 Å². The summed E-state index contributed by atoms with van der Waals surface area (Å²) in [5.74, 6) is 3.19. The summed E-state index contributed by atoms with van der Waals surface area (Å²) in [5.41, 5.74) is 5.50. The van der Waals surface area contributed by atoms with Crippen LogP contribution in [0.1, 0.15) is 44.9 Å². The van der Waals surface area contributed by atoms with Crippen LogP contribution in [0, 0.1) is 17.8 Å². The van der Waals surface area contributed by atoms with Gasteiger partial charge in [-0.1, -0.05) is 0 Å². The highest BCUT2D eigenvalue weighted by Gasteiger charge is 2.42. The maximum Gasteiger partial charge on any atom is 0.0101 e. The van der Waals surface area contributed by atoms with Gasteiger partial charge < -0.3 is 16.0 Å². The number of hydrogen-bond donors (Lipinski definition) is 2. The van der Waals surface area contributed by atoms with Crippen LogP contribution in [0.25, 0.3) is 0 Å². The van der Waals surface area contributed by atoms with Gasteiger partial charge in [0.25, 0.3) is 0 Å². The quantitative estimate of drug-likeness (QED) is 0.690. The number of rotatable bonds is 7. The molecule has 2 heterocycles. The highest BCUT2D eigenvalue weighted by atomic mass is 15.2. The van der Waals surface area contributed by atoms with Crippen molar-refractivity contribution in [2.75, 3.05) is 32.7 Å². The van der Waals surface area contributed by atoms with Crippen molar-refractivity contribution in [1.29, 1.82) is 0 Å². The first-order valence-corrected chi connectivity index (χ1v) is 8.50. The summed E-state index contributed by atoms with van der Waals surface area (Å²) in [7, 11) is 0. The Balaban J connectivity index is 1.41. The minimum absolute atomic E-state index is 0.811. The molecule has 2 unspecified atom stereocenters. The largest absolute Gasteiger partial charge is 0.330 e. The van der Waals surface area contributed by atoms with E-state index in [9.17, 15) is 0 Å². The molecule has 19 heavy (non-hydrogen) atoms. The van der Waals surface area contributed by atoms with Crippen molar-refractivity contribution < 1.29 is 0 Å². The van der Waals surface area contributed by atoms with Crippen molar-refractivity contribution in [2.24, 2.45) is 23.5 Å². The van der Waals surface area contributed by atoms with Crippen molar-refractivity contribution in [2.45, 2.75) is 51.0 Å². The Hall–Kier alpha value is -0.120. The van der Waals surface area contributed by atoms with Crippen molar-refractivity contribution in [3.8, 4) is 0 Å². The van der Waals surface area contributed by atoms with E-state index in [1.165, 1.54) is 51.7 Å². The molecule has 0 aromatic rings. The summed E-state index contributed by atoms with van der Waals surface area (Å²) < 4.78 is 0. The van der Waals surface area contributed by atoms with E-state index in [1.54, 1.807) is 6.42 Å². The molecule has 2 saturated carbocycles. The average Bonchev–Trinajstić information content (AvgIpc) is 2.58. The van der Waals surface area contributed by atoms with Gasteiger partial charge in [0.05, 0.1) is 0 Å². The fourth-order valence-electron chi connectivity index (χ4n) is 4.91. The van der Waals surface area contributed by atoms with Gasteiger partial charge in [-0.15, -0.1) is 0 Å². The van der Waals surface area contributed by atoms with Crippen molar-refractivity contribution in [3.05, 3.63) is 0 Å². The SMILES string of the molecule is NCCCNCCCN1CC2C[C@@H]3CC1C[C@H](C2)C3. The van der Waals surface area contributed by atoms with Crippen LogP contribution in [0.15, 0.2) is 0 Å². The lowest BCUT2D eigenvalue weighted by atomic mass is 9.68. The summed E-state index contributed by atoms with van der Waals surface area (Å²) in [6.07, 6.45) is 10.1. The molecule has 4 atom stereocenters. The average molecular weight is 265 g/mol. The number of nitrogens with one attached hydrogen (secondary N) is 1. The molecule has 110 valence electrons. The van der Waals surface area contributed by atoms with Gasteiger partial charge in [0.15, 0.2) is 0 Å². The molecule has 2 aliphatic carbocycles. The van der Waals surface area contributed by atoms with Crippen molar-refractivity contribution in [1.82, 2.24) is 10.2 Å². The second-order valence-corrected chi connectivity index (χ2v) is 7.17. The van der Waals surface area contributed by atoms with Crippen molar-refractivity contribution in [3.63, 3.8) is 0 Å². The van der Waals surface area contributed by atoms with Gasteiger partial charge >= 0.3 is 0 Å². The number of nitrogens with two attached hydrogens (primary N) is 1. The molecule has 0 aromatic heterocycles. The Labute approximate surface area is 118 Å². The van der Waals surface area contributed by atoms with Crippen LogP contribution in [0.2, 0.25) is 0 Å². The van der Waals surface area contributed by atoms with Crippen LogP contribution in [0.4, 0.5) is 0 Å². The third kappa shape index (κ3) is 3.50. The van der Waals surface area contributed by atoms with Gasteiger partial charge in [0, 0.05) is 12.6 Å². The van der Waals surface area contributed by atoms with Crippen LogP contribution in [-0.2, 0) is 0 Å². The second-order valence-electron chi connectivity index (χ2n) is 7.17. The zero-order valence-electron chi connectivity index (χ0n) is 12.3. The first kappa shape index (κ1) is 13.8. The standard InChI is InChI=1S/C16H31N3/c17-3-1-4-18-5-2-6-19-12-15-8-13-7-14(9-15)11-16(19)10-13/h13-16,18H,1-12,17H2/t13-,14+,15?,16?. The Kier molecular flexibility index (Phi) is 4.78. The lowest BCUT2D eigenvalue weighted by Crippen LogP contribution is -2.39. The molecular formula is C16H31N3. The van der Waals surface area contributed by atoms with Crippen LogP contribution >= 0.6 is 0 Å². The zero-order chi connectivity index (χ0) is 13.1. The third-order valence-electron chi connectivity index (χ3n) is 5.58. The van der Waals surface area contributed by atoms with Gasteiger partial charge in [-0.25, -0.2) is 0 Å². The Morgan fingerprint density at radius 3 is 2.32 bits per heavy atom. The molecule has 0 spiro atoms. The van der Waals surface area contributed by atoms with Crippen molar-refractivity contribution >= 4 is 0 Å². The van der Waals surface area contributed by atoms with E-state index in [2.05, 4.69) is 10.2 Å². The predicted molar refractivity (Wildman–Crippen MR) is 80.1 cm³/mol. The number of hydrogen-bond acceptors (Lipinski definition) is 3. The molecule has 4 fully saturated rings. The van der Waals surface area contributed by atoms with Gasteiger partial charge in [0.1, 0.15) is 0 Å². The Morgan fingerprint density at radius 2 is 1.58 bits per heavy atom. The number of fused-ring (bicyclic) bond motifs is 1. The minimum atomic E-state index is 0.811. The Morgan fingerprint density at radius 1 is 0.895 bits per heavy atom. The lowest BCUT2D eigenvalue weighted by Gasteiger charge is -2.39. The van der Waals surface area contributed by atoms with Gasteiger partial charge in [-0.2, -0.15) is 0 Å². The van der Waals surface area contributed by atoms with Crippen LogP contribution in [0.3, 0.4) is 0 Å². The first-order chi connectivity index (χ1) is 9.35. The molecule has 3 heteroatoms. The molecule has 0 aromatic carbocycles. The molecule has 0 amide bonds. The minimum Gasteiger partial charge on any atom is -0.330 e. The summed E-state index contributed by atoms with van der Waals surface area (Å²) in [6.45, 7) is 5.79. The molecule has 4 rings (SSSR count). The monoisotopic (exact) mass is 265 g/mol. The van der Waals surface area contributed by atoms with E-state index < -0.39 is 0 Å². The predicted octanol–water partition coefficient (Wildman–Crippen LogP) is 1.83. The fraction of sp³-hybridized carbons (Fsp3) is 1.00. The maximum atomic E-state index is 5.50. The highest BCUT2D eigenvalue weighted by molar-refractivity contribution is 4.95. The lowest BCUT2D eigenvalue weighted by molar-refractivity contribution is 0.125. The zero-order valence-corrected chi connectivity index (χ0v) is 12.3. The first-order valence-electron chi connectivity index (χ1n) is 8.50. The van der Waals surface area contributed by atoms with E-state index in [-0.39, 0.29) is 0 Å². The smallest absolute Gasteiger partial charge is 0.0101 e. The van der Waals surface area contributed by atoms with E-state index in [1.807, 2.05) is 0 Å². The second kappa shape index (κ2) is 6.55. The van der Waals surface area contributed by atoms with Crippen LogP contribution in [0.5, 0.6) is 0 Å². The third-order valence-corrected chi connectivity index (χ3v) is 5.58. The van der Waals surface area contributed by atoms with Crippen LogP contribution < -0.4 is 11.1 Å². The van der Waals surface area contributed by atoms with E-state index in [4.69, 9.17) is 5.73 Å². The molecule has 4 bridgehead atoms. The highest BCUT2D eigenvalue weighted by Crippen LogP contribution is 2.47. The normalized spacial score (nSPS) is 37.7. The molecular weight excluding hydrogens is 234 g/mol. The summed E-state index contributed by atoms with van der Waals surface area (Å²) in [5, 5.41) is 3.51. The Bertz CT molecular complexity index is 267. The van der Waals surface area contributed by atoms with Gasteiger partial charge in [-0.3, -0.25) is 0 Å². The van der Waals surface area contributed by atoms with E-state index >= 15 is 0 Å². The van der Waals surface area contributed by atoms with Crippen LogP contribution in [-0.4, -0.2) is 43.7 Å². The van der Waals surface area contributed by atoms with Gasteiger partial charge in [-0.05, 0) is 88.9 Å². The maximum absolute atomic E-state index is 5.50.